The Balaban J connectivity index is 3.20. The largest absolute Gasteiger partial charge is 0.308 e. The van der Waals surface area contributed by atoms with Gasteiger partial charge in [-0.25, -0.2) is 9.19 Å². The molecule has 1 heterocycles. The van der Waals surface area contributed by atoms with Crippen molar-refractivity contribution in [1.29, 1.82) is 0 Å². The van der Waals surface area contributed by atoms with Crippen LogP contribution in [0.15, 0.2) is 11.5 Å². The highest BCUT2D eigenvalue weighted by atomic mass is 32.2. The zero-order valence-corrected chi connectivity index (χ0v) is 5.26. The lowest BCUT2D eigenvalue weighted by molar-refractivity contribution is 0.551. The first-order chi connectivity index (χ1) is 4.11. The standard InChI is InChI=1S/C3H5N3O2S/c1-9(7,8)3-4-2-5-6-3/h2H,1H2,(H,7,8)(H,4,5,6). The van der Waals surface area contributed by atoms with Crippen LogP contribution in [-0.4, -0.2) is 29.8 Å². The first-order valence-electron chi connectivity index (χ1n) is 2.06. The Bertz CT molecular complexity index is 274. The van der Waals surface area contributed by atoms with E-state index in [0.29, 0.717) is 0 Å². The fraction of sp³-hybridized carbons (Fsp3) is 0. The van der Waals surface area contributed by atoms with E-state index in [1.807, 2.05) is 0 Å². The SMILES string of the molecule is C=S(=O)(O)c1ncn[nH]1. The van der Waals surface area contributed by atoms with E-state index in [2.05, 4.69) is 21.1 Å². The topological polar surface area (TPSA) is 78.9 Å². The van der Waals surface area contributed by atoms with Gasteiger partial charge in [-0.3, -0.25) is 5.10 Å². The van der Waals surface area contributed by atoms with Gasteiger partial charge < -0.3 is 4.55 Å². The minimum Gasteiger partial charge on any atom is -0.308 e. The predicted octanol–water partition coefficient (Wildman–Crippen LogP) is -0.647. The molecule has 9 heavy (non-hydrogen) atoms. The molecule has 0 saturated carbocycles. The van der Waals surface area contributed by atoms with E-state index in [1.54, 1.807) is 0 Å². The Morgan fingerprint density at radius 1 is 1.89 bits per heavy atom. The van der Waals surface area contributed by atoms with E-state index < -0.39 is 9.80 Å². The van der Waals surface area contributed by atoms with Crippen molar-refractivity contribution in [2.24, 2.45) is 0 Å². The summed E-state index contributed by atoms with van der Waals surface area (Å²) in [5.74, 6) is 2.96. The van der Waals surface area contributed by atoms with Crippen molar-refractivity contribution in [3.8, 4) is 0 Å². The summed E-state index contributed by atoms with van der Waals surface area (Å²) in [6.45, 7) is 0. The van der Waals surface area contributed by atoms with Crippen LogP contribution in [0.25, 0.3) is 0 Å². The van der Waals surface area contributed by atoms with Gasteiger partial charge in [0.1, 0.15) is 16.1 Å². The Morgan fingerprint density at radius 2 is 2.56 bits per heavy atom. The maximum absolute atomic E-state index is 10.6. The van der Waals surface area contributed by atoms with Crippen molar-refractivity contribution in [3.05, 3.63) is 6.33 Å². The molecule has 0 spiro atoms. The molecule has 0 fully saturated rings. The second kappa shape index (κ2) is 1.82. The molecule has 6 heteroatoms. The Labute approximate surface area is 52.0 Å². The smallest absolute Gasteiger partial charge is 0.231 e. The van der Waals surface area contributed by atoms with Gasteiger partial charge in [-0.05, 0) is 5.87 Å². The van der Waals surface area contributed by atoms with Crippen molar-refractivity contribution < 1.29 is 8.76 Å². The van der Waals surface area contributed by atoms with Crippen molar-refractivity contribution in [1.82, 2.24) is 15.2 Å². The van der Waals surface area contributed by atoms with E-state index in [-0.39, 0.29) is 5.16 Å². The Kier molecular flexibility index (Phi) is 1.26. The number of nitrogens with one attached hydrogen (secondary N) is 1. The number of hydrogen-bond acceptors (Lipinski definition) is 3. The zero-order chi connectivity index (χ0) is 6.91. The third kappa shape index (κ3) is 1.27. The van der Waals surface area contributed by atoms with Gasteiger partial charge in [0.15, 0.2) is 0 Å². The third-order valence-electron chi connectivity index (χ3n) is 0.695. The molecule has 0 aliphatic carbocycles. The molecule has 50 valence electrons. The number of aromatic nitrogens is 3. The molecule has 0 saturated heterocycles. The fourth-order valence-corrected chi connectivity index (χ4v) is 0.755. The van der Waals surface area contributed by atoms with Crippen LogP contribution in [-0.2, 0) is 9.80 Å². The van der Waals surface area contributed by atoms with E-state index in [1.165, 1.54) is 0 Å². The van der Waals surface area contributed by atoms with Crippen LogP contribution in [0.3, 0.4) is 0 Å². The average Bonchev–Trinajstić information content (AvgIpc) is 2.08. The Morgan fingerprint density at radius 3 is 2.78 bits per heavy atom. The van der Waals surface area contributed by atoms with Crippen molar-refractivity contribution in [2.75, 3.05) is 0 Å². The van der Waals surface area contributed by atoms with Crippen LogP contribution >= 0.6 is 0 Å². The lowest BCUT2D eigenvalue weighted by atomic mass is 11.3. The van der Waals surface area contributed by atoms with E-state index in [0.717, 1.165) is 6.33 Å². The molecule has 5 nitrogen and oxygen atoms in total. The van der Waals surface area contributed by atoms with Crippen molar-refractivity contribution >= 4 is 15.7 Å². The van der Waals surface area contributed by atoms with E-state index in [9.17, 15) is 4.21 Å². The first-order valence-corrected chi connectivity index (χ1v) is 3.74. The molecule has 0 bridgehead atoms. The van der Waals surface area contributed by atoms with Crippen molar-refractivity contribution in [2.45, 2.75) is 5.16 Å². The van der Waals surface area contributed by atoms with Gasteiger partial charge in [0.05, 0.1) is 0 Å². The summed E-state index contributed by atoms with van der Waals surface area (Å²) in [6.07, 6.45) is 1.15. The molecule has 2 N–H and O–H groups in total. The van der Waals surface area contributed by atoms with Gasteiger partial charge >= 0.3 is 0 Å². The predicted molar refractivity (Wildman–Crippen MR) is 32.5 cm³/mol. The van der Waals surface area contributed by atoms with Crippen LogP contribution < -0.4 is 0 Å². The van der Waals surface area contributed by atoms with E-state index >= 15 is 0 Å². The fourth-order valence-electron chi connectivity index (χ4n) is 0.348. The van der Waals surface area contributed by atoms with Crippen LogP contribution in [0, 0.1) is 0 Å². The molecule has 1 unspecified atom stereocenters. The van der Waals surface area contributed by atoms with Gasteiger partial charge in [0.25, 0.3) is 0 Å². The zero-order valence-electron chi connectivity index (χ0n) is 4.44. The number of nitrogens with zero attached hydrogens (tertiary/aromatic N) is 2. The molecule has 1 rings (SSSR count). The minimum atomic E-state index is -3.19. The van der Waals surface area contributed by atoms with Crippen molar-refractivity contribution in [3.63, 3.8) is 0 Å². The summed E-state index contributed by atoms with van der Waals surface area (Å²) in [4.78, 5) is 3.43. The normalized spacial score (nSPS) is 17.0. The molecular weight excluding hydrogens is 142 g/mol. The lowest BCUT2D eigenvalue weighted by Gasteiger charge is -1.90. The molecule has 1 aromatic heterocycles. The third-order valence-corrected chi connectivity index (χ3v) is 1.50. The lowest BCUT2D eigenvalue weighted by Crippen LogP contribution is -1.99. The summed E-state index contributed by atoms with van der Waals surface area (Å²) >= 11 is 0. The summed E-state index contributed by atoms with van der Waals surface area (Å²) < 4.78 is 19.2. The number of aromatic amines is 1. The highest BCUT2D eigenvalue weighted by molar-refractivity contribution is 7.94. The maximum Gasteiger partial charge on any atom is 0.231 e. The maximum atomic E-state index is 10.6. The van der Waals surface area contributed by atoms with Crippen LogP contribution in [0.2, 0.25) is 0 Å². The molecule has 0 amide bonds. The number of H-pyrrole nitrogens is 1. The molecule has 0 radical (unpaired) electrons. The monoisotopic (exact) mass is 147 g/mol. The summed E-state index contributed by atoms with van der Waals surface area (Å²) in [7, 11) is -3.19. The summed E-state index contributed by atoms with van der Waals surface area (Å²) in [5.41, 5.74) is 0. The average molecular weight is 147 g/mol. The molecule has 0 aliphatic heterocycles. The summed E-state index contributed by atoms with van der Waals surface area (Å²) in [6, 6.07) is 0. The Hall–Kier alpha value is -0.880. The highest BCUT2D eigenvalue weighted by Gasteiger charge is 2.03. The van der Waals surface area contributed by atoms with Gasteiger partial charge in [-0.2, -0.15) is 5.10 Å². The van der Waals surface area contributed by atoms with Gasteiger partial charge in [-0.1, -0.05) is 0 Å². The van der Waals surface area contributed by atoms with Gasteiger partial charge in [-0.15, -0.1) is 0 Å². The van der Waals surface area contributed by atoms with Crippen LogP contribution in [0.1, 0.15) is 0 Å². The molecule has 1 atom stereocenters. The number of hydrogen-bond donors (Lipinski definition) is 2. The molecule has 0 aliphatic rings. The number of rotatable bonds is 1. The molecule has 0 aromatic carbocycles. The quantitative estimate of drug-likeness (QED) is 0.517. The molecule has 1 aromatic rings. The van der Waals surface area contributed by atoms with E-state index in [4.69, 9.17) is 4.55 Å². The highest BCUT2D eigenvalue weighted by Crippen LogP contribution is 1.94. The van der Waals surface area contributed by atoms with Crippen LogP contribution in [0.5, 0.6) is 0 Å². The minimum absolute atomic E-state index is 0.0949. The van der Waals surface area contributed by atoms with Crippen LogP contribution in [0.4, 0.5) is 0 Å². The van der Waals surface area contributed by atoms with Gasteiger partial charge in [0, 0.05) is 0 Å². The first kappa shape index (κ1) is 6.24. The second-order valence-electron chi connectivity index (χ2n) is 1.43. The summed E-state index contributed by atoms with van der Waals surface area (Å²) in [5, 5.41) is 5.51. The molecular formula is C3H5N3O2S. The van der Waals surface area contributed by atoms with Gasteiger partial charge in [0.2, 0.25) is 5.16 Å². The second-order valence-corrected chi connectivity index (χ2v) is 3.10.